The monoisotopic (exact) mass is 172 g/mol. The van der Waals surface area contributed by atoms with Crippen LogP contribution in [-0.2, 0) is 14.3 Å². The largest absolute Gasteiger partial charge is 0.465 e. The molecule has 0 atom stereocenters. The molecule has 70 valence electrons. The Morgan fingerprint density at radius 1 is 1.25 bits per heavy atom. The Balaban J connectivity index is 3.66. The number of carbonyl (C=O) groups excluding carboxylic acids is 2. The Hall–Kier alpha value is -0.860. The zero-order chi connectivity index (χ0) is 9.78. The number of Topliss-reactive ketones (excluding diaryl/α,β-unsaturated/α-hetero) is 1. The third-order valence-corrected chi connectivity index (χ3v) is 1.30. The zero-order valence-electron chi connectivity index (χ0n) is 8.14. The number of hydrogen-bond acceptors (Lipinski definition) is 3. The lowest BCUT2D eigenvalue weighted by molar-refractivity contribution is -0.153. The van der Waals surface area contributed by atoms with Gasteiger partial charge in [-0.2, -0.15) is 0 Å². The summed E-state index contributed by atoms with van der Waals surface area (Å²) in [6.07, 6.45) is 0.307. The highest BCUT2D eigenvalue weighted by Gasteiger charge is 2.22. The first kappa shape index (κ1) is 11.1. The Morgan fingerprint density at radius 3 is 2.08 bits per heavy atom. The lowest BCUT2D eigenvalue weighted by atomic mass is 9.97. The molecule has 0 aromatic rings. The molecule has 0 radical (unpaired) electrons. The van der Waals surface area contributed by atoms with Gasteiger partial charge in [-0.25, -0.2) is 0 Å². The van der Waals surface area contributed by atoms with Crippen molar-refractivity contribution in [1.82, 2.24) is 0 Å². The van der Waals surface area contributed by atoms with Gasteiger partial charge in [-0.1, -0.05) is 0 Å². The molecule has 0 saturated carbocycles. The van der Waals surface area contributed by atoms with Gasteiger partial charge < -0.3 is 4.74 Å². The molecule has 3 heteroatoms. The van der Waals surface area contributed by atoms with E-state index < -0.39 is 5.41 Å². The molecule has 0 aliphatic carbocycles. The molecule has 0 spiro atoms. The second kappa shape index (κ2) is 4.24. The lowest BCUT2D eigenvalue weighted by Crippen LogP contribution is -2.23. The van der Waals surface area contributed by atoms with Crippen molar-refractivity contribution in [3.05, 3.63) is 0 Å². The van der Waals surface area contributed by atoms with Gasteiger partial charge in [-0.15, -0.1) is 0 Å². The summed E-state index contributed by atoms with van der Waals surface area (Å²) in [7, 11) is 0. The molecule has 0 N–H and O–H groups in total. The molecule has 0 rings (SSSR count). The van der Waals surface area contributed by atoms with Crippen molar-refractivity contribution in [2.24, 2.45) is 5.41 Å². The molecular weight excluding hydrogens is 156 g/mol. The molecule has 0 aliphatic rings. The molecule has 3 nitrogen and oxygen atoms in total. The minimum absolute atomic E-state index is 0.0386. The van der Waals surface area contributed by atoms with Crippen LogP contribution in [0.25, 0.3) is 0 Å². The zero-order valence-corrected chi connectivity index (χ0v) is 8.14. The van der Waals surface area contributed by atoms with Crippen molar-refractivity contribution in [2.45, 2.75) is 34.1 Å². The molecule has 0 amide bonds. The number of ketones is 1. The van der Waals surface area contributed by atoms with Gasteiger partial charge >= 0.3 is 5.97 Å². The summed E-state index contributed by atoms with van der Waals surface area (Å²) in [4.78, 5) is 21.6. The van der Waals surface area contributed by atoms with Crippen LogP contribution in [0.15, 0.2) is 0 Å². The highest BCUT2D eigenvalue weighted by atomic mass is 16.5. The molecular formula is C9H16O3. The van der Waals surface area contributed by atoms with Gasteiger partial charge in [0.15, 0.2) is 0 Å². The van der Waals surface area contributed by atoms with E-state index >= 15 is 0 Å². The number of rotatable bonds is 3. The quantitative estimate of drug-likeness (QED) is 0.607. The smallest absolute Gasteiger partial charge is 0.311 e. The fourth-order valence-corrected chi connectivity index (χ4v) is 0.504. The molecule has 0 heterocycles. The highest BCUT2D eigenvalue weighted by Crippen LogP contribution is 2.14. The first-order chi connectivity index (χ1) is 5.34. The van der Waals surface area contributed by atoms with Gasteiger partial charge in [0, 0.05) is 6.42 Å². The van der Waals surface area contributed by atoms with Crippen LogP contribution in [0.1, 0.15) is 34.1 Å². The van der Waals surface area contributed by atoms with Crippen LogP contribution in [0.5, 0.6) is 0 Å². The van der Waals surface area contributed by atoms with Crippen LogP contribution in [0.4, 0.5) is 0 Å². The van der Waals surface area contributed by atoms with E-state index in [0.29, 0.717) is 6.42 Å². The molecule has 0 unspecified atom stereocenters. The van der Waals surface area contributed by atoms with Gasteiger partial charge in [0.25, 0.3) is 0 Å². The second-order valence-corrected chi connectivity index (χ2v) is 3.84. The Labute approximate surface area is 73.1 Å². The van der Waals surface area contributed by atoms with E-state index in [-0.39, 0.29) is 18.4 Å². The first-order valence-corrected chi connectivity index (χ1v) is 4.00. The summed E-state index contributed by atoms with van der Waals surface area (Å²) < 4.78 is 4.86. The second-order valence-electron chi connectivity index (χ2n) is 3.84. The number of carbonyl (C=O) groups is 2. The summed E-state index contributed by atoms with van der Waals surface area (Å²) in [5.41, 5.74) is -0.475. The van der Waals surface area contributed by atoms with E-state index in [9.17, 15) is 9.59 Å². The maximum absolute atomic E-state index is 11.1. The van der Waals surface area contributed by atoms with E-state index in [1.807, 2.05) is 0 Å². The fourth-order valence-electron chi connectivity index (χ4n) is 0.504. The number of ether oxygens (including phenoxy) is 1. The van der Waals surface area contributed by atoms with E-state index in [0.717, 1.165) is 0 Å². The molecule has 12 heavy (non-hydrogen) atoms. The molecule has 0 aromatic heterocycles. The Morgan fingerprint density at radius 2 is 1.75 bits per heavy atom. The van der Waals surface area contributed by atoms with Gasteiger partial charge in [0.2, 0.25) is 0 Å². The van der Waals surface area contributed by atoms with Crippen LogP contribution in [-0.4, -0.2) is 18.4 Å². The predicted molar refractivity (Wildman–Crippen MR) is 45.7 cm³/mol. The van der Waals surface area contributed by atoms with E-state index in [1.165, 1.54) is 6.92 Å². The van der Waals surface area contributed by atoms with Crippen LogP contribution in [0.2, 0.25) is 0 Å². The Bertz CT molecular complexity index is 177. The van der Waals surface area contributed by atoms with Crippen LogP contribution in [0, 0.1) is 5.41 Å². The van der Waals surface area contributed by atoms with Crippen molar-refractivity contribution in [3.63, 3.8) is 0 Å². The minimum atomic E-state index is -0.475. The lowest BCUT2D eigenvalue weighted by Gasteiger charge is -2.15. The van der Waals surface area contributed by atoms with Crippen molar-refractivity contribution < 1.29 is 14.3 Å². The van der Waals surface area contributed by atoms with E-state index in [4.69, 9.17) is 4.74 Å². The molecule has 0 aliphatic heterocycles. The van der Waals surface area contributed by atoms with Crippen molar-refractivity contribution in [2.75, 3.05) is 6.61 Å². The van der Waals surface area contributed by atoms with Gasteiger partial charge in [0.1, 0.15) is 5.78 Å². The predicted octanol–water partition coefficient (Wildman–Crippen LogP) is 1.55. The van der Waals surface area contributed by atoms with Crippen LogP contribution >= 0.6 is 0 Å². The van der Waals surface area contributed by atoms with Gasteiger partial charge in [-0.3, -0.25) is 9.59 Å². The summed E-state index contributed by atoms with van der Waals surface area (Å²) >= 11 is 0. The van der Waals surface area contributed by atoms with E-state index in [2.05, 4.69) is 0 Å². The standard InChI is InChI=1S/C9H16O3/c1-7(10)5-6-12-8(11)9(2,3)4/h5-6H2,1-4H3. The number of hydrogen-bond donors (Lipinski definition) is 0. The topological polar surface area (TPSA) is 43.4 Å². The van der Waals surface area contributed by atoms with Crippen molar-refractivity contribution in [1.29, 1.82) is 0 Å². The third kappa shape index (κ3) is 4.88. The average Bonchev–Trinajstić information content (AvgIpc) is 1.84. The van der Waals surface area contributed by atoms with Crippen LogP contribution in [0.3, 0.4) is 0 Å². The molecule has 0 aromatic carbocycles. The molecule has 0 bridgehead atoms. The number of esters is 1. The normalized spacial score (nSPS) is 11.0. The minimum Gasteiger partial charge on any atom is -0.465 e. The Kier molecular flexibility index (Phi) is 3.93. The van der Waals surface area contributed by atoms with Gasteiger partial charge in [-0.05, 0) is 27.7 Å². The average molecular weight is 172 g/mol. The summed E-state index contributed by atoms with van der Waals surface area (Å²) in [6.45, 7) is 7.02. The SMILES string of the molecule is CC(=O)CCOC(=O)C(C)(C)C. The third-order valence-electron chi connectivity index (χ3n) is 1.30. The molecule has 0 saturated heterocycles. The highest BCUT2D eigenvalue weighted by molar-refractivity contribution is 5.77. The van der Waals surface area contributed by atoms with Crippen molar-refractivity contribution in [3.8, 4) is 0 Å². The maximum atomic E-state index is 11.1. The fraction of sp³-hybridized carbons (Fsp3) is 0.778. The van der Waals surface area contributed by atoms with Crippen LogP contribution < -0.4 is 0 Å². The maximum Gasteiger partial charge on any atom is 0.311 e. The summed E-state index contributed by atoms with van der Waals surface area (Å²) in [5.74, 6) is -0.222. The molecule has 0 fully saturated rings. The van der Waals surface area contributed by atoms with Gasteiger partial charge in [0.05, 0.1) is 12.0 Å². The summed E-state index contributed by atoms with van der Waals surface area (Å²) in [6, 6.07) is 0. The first-order valence-electron chi connectivity index (χ1n) is 4.00. The van der Waals surface area contributed by atoms with E-state index in [1.54, 1.807) is 20.8 Å². The van der Waals surface area contributed by atoms with Crippen molar-refractivity contribution >= 4 is 11.8 Å². The summed E-state index contributed by atoms with van der Waals surface area (Å²) in [5, 5.41) is 0.